The first-order valence-electron chi connectivity index (χ1n) is 2.58. The molecule has 0 N–H and O–H groups in total. The van der Waals surface area contributed by atoms with Gasteiger partial charge in [0.2, 0.25) is 0 Å². The van der Waals surface area contributed by atoms with Gasteiger partial charge >= 0.3 is 0 Å². The molecule has 1 aromatic heterocycles. The summed E-state index contributed by atoms with van der Waals surface area (Å²) in [6, 6.07) is 1.92. The largest absolute Gasteiger partial charge is 0.472 e. The molecule has 8 heavy (non-hydrogen) atoms. The summed E-state index contributed by atoms with van der Waals surface area (Å²) in [5, 5.41) is 0. The monoisotopic (exact) mass is 108 g/mol. The molecule has 1 heteroatoms. The van der Waals surface area contributed by atoms with E-state index >= 15 is 0 Å². The standard InChI is InChI=1S/C7H8O/c1-2-3-7-4-5-8-6-7/h2-6H,1H3/b3-2+. The van der Waals surface area contributed by atoms with Crippen LogP contribution in [0, 0.1) is 0 Å². The second kappa shape index (κ2) is 2.36. The number of rotatable bonds is 1. The molecule has 1 rings (SSSR count). The van der Waals surface area contributed by atoms with Gasteiger partial charge in [0.05, 0.1) is 12.5 Å². The highest BCUT2D eigenvalue weighted by molar-refractivity contribution is 5.46. The van der Waals surface area contributed by atoms with E-state index in [1.807, 2.05) is 25.1 Å². The molecule has 0 amide bonds. The predicted octanol–water partition coefficient (Wildman–Crippen LogP) is 2.31. The fourth-order valence-corrected chi connectivity index (χ4v) is 0.562. The van der Waals surface area contributed by atoms with E-state index in [0.717, 1.165) is 5.56 Å². The summed E-state index contributed by atoms with van der Waals surface area (Å²) < 4.78 is 4.82. The van der Waals surface area contributed by atoms with E-state index < -0.39 is 0 Å². The van der Waals surface area contributed by atoms with Crippen LogP contribution in [-0.4, -0.2) is 0 Å². The molecule has 0 unspecified atom stereocenters. The van der Waals surface area contributed by atoms with Crippen molar-refractivity contribution in [3.63, 3.8) is 0 Å². The average Bonchev–Trinajstić information content (AvgIpc) is 2.19. The first kappa shape index (κ1) is 5.16. The van der Waals surface area contributed by atoms with E-state index in [1.54, 1.807) is 12.5 Å². The number of hydrogen-bond donors (Lipinski definition) is 0. The summed E-state index contributed by atoms with van der Waals surface area (Å²) in [4.78, 5) is 0. The fourth-order valence-electron chi connectivity index (χ4n) is 0.562. The Balaban J connectivity index is 2.77. The van der Waals surface area contributed by atoms with Crippen molar-refractivity contribution in [2.75, 3.05) is 0 Å². The van der Waals surface area contributed by atoms with Crippen molar-refractivity contribution >= 4 is 6.08 Å². The highest BCUT2D eigenvalue weighted by atomic mass is 16.3. The molecule has 0 bridgehead atoms. The van der Waals surface area contributed by atoms with Crippen LogP contribution in [0.3, 0.4) is 0 Å². The lowest BCUT2D eigenvalue weighted by molar-refractivity contribution is 0.567. The minimum atomic E-state index is 1.12. The fraction of sp³-hybridized carbons (Fsp3) is 0.143. The van der Waals surface area contributed by atoms with Gasteiger partial charge in [-0.2, -0.15) is 0 Å². The molecular formula is C7H8O. The zero-order chi connectivity index (χ0) is 5.82. The Bertz CT molecular complexity index is 161. The molecule has 0 atom stereocenters. The molecule has 1 nitrogen and oxygen atoms in total. The summed E-state index contributed by atoms with van der Waals surface area (Å²) >= 11 is 0. The Morgan fingerprint density at radius 3 is 3.00 bits per heavy atom. The summed E-state index contributed by atoms with van der Waals surface area (Å²) in [5.41, 5.74) is 1.12. The summed E-state index contributed by atoms with van der Waals surface area (Å²) in [6.07, 6.45) is 7.34. The molecule has 1 aromatic rings. The highest BCUT2D eigenvalue weighted by Crippen LogP contribution is 2.00. The molecule has 0 radical (unpaired) electrons. The van der Waals surface area contributed by atoms with E-state index in [-0.39, 0.29) is 0 Å². The van der Waals surface area contributed by atoms with Crippen LogP contribution in [0.1, 0.15) is 12.5 Å². The Labute approximate surface area is 48.6 Å². The SMILES string of the molecule is C/C=C/c1ccoc1. The third kappa shape index (κ3) is 0.997. The molecule has 0 fully saturated rings. The Morgan fingerprint density at radius 1 is 1.62 bits per heavy atom. The maximum Gasteiger partial charge on any atom is 0.0974 e. The number of furan rings is 1. The van der Waals surface area contributed by atoms with Crippen LogP contribution in [0.25, 0.3) is 6.08 Å². The minimum Gasteiger partial charge on any atom is -0.472 e. The van der Waals surface area contributed by atoms with E-state index in [4.69, 9.17) is 4.42 Å². The van der Waals surface area contributed by atoms with E-state index in [0.29, 0.717) is 0 Å². The van der Waals surface area contributed by atoms with Crippen molar-refractivity contribution in [1.29, 1.82) is 0 Å². The van der Waals surface area contributed by atoms with Gasteiger partial charge in [0.1, 0.15) is 0 Å². The minimum absolute atomic E-state index is 1.12. The second-order valence-electron chi connectivity index (χ2n) is 1.56. The van der Waals surface area contributed by atoms with Crippen molar-refractivity contribution in [3.8, 4) is 0 Å². The molecule has 0 aromatic carbocycles. The number of hydrogen-bond acceptors (Lipinski definition) is 1. The van der Waals surface area contributed by atoms with Crippen molar-refractivity contribution in [2.24, 2.45) is 0 Å². The van der Waals surface area contributed by atoms with Gasteiger partial charge in [0.25, 0.3) is 0 Å². The second-order valence-corrected chi connectivity index (χ2v) is 1.56. The Morgan fingerprint density at radius 2 is 2.50 bits per heavy atom. The van der Waals surface area contributed by atoms with Gasteiger partial charge in [0.15, 0.2) is 0 Å². The summed E-state index contributed by atoms with van der Waals surface area (Å²) in [5.74, 6) is 0. The zero-order valence-corrected chi connectivity index (χ0v) is 4.79. The van der Waals surface area contributed by atoms with Gasteiger partial charge in [-0.05, 0) is 13.0 Å². The molecule has 42 valence electrons. The van der Waals surface area contributed by atoms with Gasteiger partial charge in [-0.3, -0.25) is 0 Å². The molecule has 0 aliphatic heterocycles. The molecular weight excluding hydrogens is 100 g/mol. The predicted molar refractivity (Wildman–Crippen MR) is 33.4 cm³/mol. The maximum atomic E-state index is 4.82. The number of allylic oxidation sites excluding steroid dienone is 1. The normalized spacial score (nSPS) is 10.6. The van der Waals surface area contributed by atoms with Gasteiger partial charge in [-0.1, -0.05) is 12.2 Å². The van der Waals surface area contributed by atoms with Crippen molar-refractivity contribution in [3.05, 3.63) is 30.2 Å². The van der Waals surface area contributed by atoms with Crippen LogP contribution in [0.5, 0.6) is 0 Å². The first-order valence-corrected chi connectivity index (χ1v) is 2.58. The molecule has 0 spiro atoms. The van der Waals surface area contributed by atoms with Gasteiger partial charge in [0, 0.05) is 5.56 Å². The molecule has 0 aliphatic carbocycles. The van der Waals surface area contributed by atoms with Crippen LogP contribution < -0.4 is 0 Å². The van der Waals surface area contributed by atoms with Crippen LogP contribution in [-0.2, 0) is 0 Å². The molecule has 0 saturated carbocycles. The lowest BCUT2D eigenvalue weighted by Gasteiger charge is -1.73. The lowest BCUT2D eigenvalue weighted by atomic mass is 10.3. The molecule has 0 aliphatic rings. The van der Waals surface area contributed by atoms with Crippen LogP contribution >= 0.6 is 0 Å². The third-order valence-corrected chi connectivity index (χ3v) is 0.902. The topological polar surface area (TPSA) is 13.1 Å². The third-order valence-electron chi connectivity index (χ3n) is 0.902. The summed E-state index contributed by atoms with van der Waals surface area (Å²) in [6.45, 7) is 1.98. The van der Waals surface area contributed by atoms with Gasteiger partial charge in [-0.25, -0.2) is 0 Å². The summed E-state index contributed by atoms with van der Waals surface area (Å²) in [7, 11) is 0. The average molecular weight is 108 g/mol. The maximum absolute atomic E-state index is 4.82. The Hall–Kier alpha value is -0.980. The van der Waals surface area contributed by atoms with Crippen LogP contribution in [0.2, 0.25) is 0 Å². The molecule has 1 heterocycles. The van der Waals surface area contributed by atoms with Gasteiger partial charge in [-0.15, -0.1) is 0 Å². The lowest BCUT2D eigenvalue weighted by Crippen LogP contribution is -1.54. The first-order chi connectivity index (χ1) is 3.93. The van der Waals surface area contributed by atoms with Crippen molar-refractivity contribution < 1.29 is 4.42 Å². The van der Waals surface area contributed by atoms with E-state index in [9.17, 15) is 0 Å². The van der Waals surface area contributed by atoms with Crippen molar-refractivity contribution in [1.82, 2.24) is 0 Å². The van der Waals surface area contributed by atoms with E-state index in [1.165, 1.54) is 0 Å². The zero-order valence-electron chi connectivity index (χ0n) is 4.79. The smallest absolute Gasteiger partial charge is 0.0974 e. The van der Waals surface area contributed by atoms with Crippen LogP contribution in [0.4, 0.5) is 0 Å². The van der Waals surface area contributed by atoms with Crippen LogP contribution in [0.15, 0.2) is 29.1 Å². The Kier molecular flexibility index (Phi) is 1.52. The van der Waals surface area contributed by atoms with Crippen molar-refractivity contribution in [2.45, 2.75) is 6.92 Å². The molecule has 0 saturated heterocycles. The van der Waals surface area contributed by atoms with Gasteiger partial charge < -0.3 is 4.42 Å². The quantitative estimate of drug-likeness (QED) is 0.538. The van der Waals surface area contributed by atoms with E-state index in [2.05, 4.69) is 0 Å². The highest BCUT2D eigenvalue weighted by Gasteiger charge is 1.81.